The van der Waals surface area contributed by atoms with Crippen LogP contribution in [0, 0.1) is 19.8 Å². The average Bonchev–Trinajstić information content (AvgIpc) is 3.54. The highest BCUT2D eigenvalue weighted by Crippen LogP contribution is 2.42. The molecule has 0 aliphatic carbocycles. The van der Waals surface area contributed by atoms with Crippen LogP contribution >= 0.6 is 0 Å². The second-order valence-corrected chi connectivity index (χ2v) is 10.7. The van der Waals surface area contributed by atoms with Crippen LogP contribution in [0.3, 0.4) is 0 Å². The Morgan fingerprint density at radius 3 is 2.51 bits per heavy atom. The number of benzene rings is 1. The second kappa shape index (κ2) is 8.78. The SMILES string of the molecule is Cc1cc(C(C2CCOCC2)n2c3cc(C(C)(C)O)ccc3c3ncc(-c4c(C)nnn4C)cc32)no1. The molecule has 1 fully saturated rings. The van der Waals surface area contributed by atoms with E-state index in [4.69, 9.17) is 14.2 Å². The third-order valence-electron chi connectivity index (χ3n) is 7.55. The van der Waals surface area contributed by atoms with Gasteiger partial charge in [0, 0.05) is 43.5 Å². The fourth-order valence-electron chi connectivity index (χ4n) is 5.71. The van der Waals surface area contributed by atoms with Gasteiger partial charge in [0.2, 0.25) is 0 Å². The van der Waals surface area contributed by atoms with Gasteiger partial charge in [0.15, 0.2) is 0 Å². The highest BCUT2D eigenvalue weighted by molar-refractivity contribution is 6.07. The molecule has 1 saturated heterocycles. The monoisotopic (exact) mass is 500 g/mol. The molecule has 0 radical (unpaired) electrons. The number of fused-ring (bicyclic) bond motifs is 3. The molecule has 4 aromatic heterocycles. The largest absolute Gasteiger partial charge is 0.386 e. The van der Waals surface area contributed by atoms with Gasteiger partial charge in [0.1, 0.15) is 11.5 Å². The fraction of sp³-hybridized carbons (Fsp3) is 0.429. The van der Waals surface area contributed by atoms with Gasteiger partial charge in [-0.3, -0.25) is 4.98 Å². The van der Waals surface area contributed by atoms with E-state index < -0.39 is 5.60 Å². The van der Waals surface area contributed by atoms with Gasteiger partial charge in [-0.05, 0) is 64.2 Å². The maximum atomic E-state index is 10.9. The van der Waals surface area contributed by atoms with Crippen molar-refractivity contribution in [3.63, 3.8) is 0 Å². The molecule has 5 heterocycles. The van der Waals surface area contributed by atoms with Gasteiger partial charge < -0.3 is 18.9 Å². The Morgan fingerprint density at radius 1 is 1.08 bits per heavy atom. The van der Waals surface area contributed by atoms with E-state index >= 15 is 0 Å². The van der Waals surface area contributed by atoms with Crippen molar-refractivity contribution in [1.82, 2.24) is 29.7 Å². The summed E-state index contributed by atoms with van der Waals surface area (Å²) >= 11 is 0. The standard InChI is InChI=1S/C28H32N6O3/c1-16-12-22(31-37-16)27(18-8-10-36-11-9-18)34-23-14-20(28(3,4)35)6-7-21(23)25-24(34)13-19(15-29-25)26-17(2)30-32-33(26)5/h6-7,12-15,18,27,35H,8-11H2,1-5H3. The molecule has 1 aromatic carbocycles. The molecule has 1 aliphatic rings. The van der Waals surface area contributed by atoms with Crippen molar-refractivity contribution in [2.45, 2.75) is 52.2 Å². The maximum absolute atomic E-state index is 10.9. The van der Waals surface area contributed by atoms with E-state index in [1.807, 2.05) is 53.1 Å². The third kappa shape index (κ3) is 4.02. The number of pyridine rings is 1. The van der Waals surface area contributed by atoms with Crippen LogP contribution in [0.4, 0.5) is 0 Å². The Bertz CT molecular complexity index is 1580. The molecule has 0 spiro atoms. The van der Waals surface area contributed by atoms with E-state index in [9.17, 15) is 5.11 Å². The van der Waals surface area contributed by atoms with Crippen molar-refractivity contribution in [1.29, 1.82) is 0 Å². The lowest BCUT2D eigenvalue weighted by atomic mass is 9.89. The van der Waals surface area contributed by atoms with E-state index in [0.29, 0.717) is 19.1 Å². The van der Waals surface area contributed by atoms with Crippen LogP contribution in [0.15, 0.2) is 41.1 Å². The molecule has 1 unspecified atom stereocenters. The first-order chi connectivity index (χ1) is 17.7. The number of rotatable bonds is 5. The predicted octanol–water partition coefficient (Wildman–Crippen LogP) is 4.83. The van der Waals surface area contributed by atoms with Crippen LogP contribution in [-0.2, 0) is 17.4 Å². The Labute approximate surface area is 215 Å². The number of aromatic nitrogens is 6. The van der Waals surface area contributed by atoms with Crippen LogP contribution < -0.4 is 0 Å². The Hall–Kier alpha value is -3.56. The Kier molecular flexibility index (Phi) is 5.65. The predicted molar refractivity (Wildman–Crippen MR) is 140 cm³/mol. The summed E-state index contributed by atoms with van der Waals surface area (Å²) in [6.45, 7) is 8.94. The normalized spacial score (nSPS) is 16.2. The third-order valence-corrected chi connectivity index (χ3v) is 7.55. The zero-order valence-electron chi connectivity index (χ0n) is 21.9. The number of hydrogen-bond acceptors (Lipinski definition) is 7. The zero-order valence-corrected chi connectivity index (χ0v) is 21.9. The summed E-state index contributed by atoms with van der Waals surface area (Å²) in [6.07, 6.45) is 3.73. The lowest BCUT2D eigenvalue weighted by Crippen LogP contribution is -2.27. The van der Waals surface area contributed by atoms with Crippen LogP contribution in [0.25, 0.3) is 33.2 Å². The molecule has 37 heavy (non-hydrogen) atoms. The minimum Gasteiger partial charge on any atom is -0.386 e. The molecule has 0 saturated carbocycles. The second-order valence-electron chi connectivity index (χ2n) is 10.7. The highest BCUT2D eigenvalue weighted by atomic mass is 16.5. The summed E-state index contributed by atoms with van der Waals surface area (Å²) < 4.78 is 15.4. The number of hydrogen-bond donors (Lipinski definition) is 1. The Balaban J connectivity index is 1.69. The van der Waals surface area contributed by atoms with E-state index in [0.717, 1.165) is 68.7 Å². The molecular formula is C28H32N6O3. The maximum Gasteiger partial charge on any atom is 0.134 e. The number of ether oxygens (including phenoxy) is 1. The van der Waals surface area contributed by atoms with Crippen LogP contribution in [-0.4, -0.2) is 48.0 Å². The molecule has 1 aliphatic heterocycles. The fourth-order valence-corrected chi connectivity index (χ4v) is 5.71. The minimum absolute atomic E-state index is 0.0822. The Morgan fingerprint density at radius 2 is 1.86 bits per heavy atom. The van der Waals surface area contributed by atoms with Gasteiger partial charge in [-0.15, -0.1) is 5.10 Å². The molecule has 9 nitrogen and oxygen atoms in total. The quantitative estimate of drug-likeness (QED) is 0.368. The van der Waals surface area contributed by atoms with Gasteiger partial charge in [-0.25, -0.2) is 4.68 Å². The van der Waals surface area contributed by atoms with E-state index in [-0.39, 0.29) is 6.04 Å². The molecule has 1 N–H and O–H groups in total. The first kappa shape index (κ1) is 23.8. The molecule has 5 aromatic rings. The topological polar surface area (TPSA) is 104 Å². The molecule has 9 heteroatoms. The first-order valence-electron chi connectivity index (χ1n) is 12.8. The van der Waals surface area contributed by atoms with Crippen molar-refractivity contribution in [2.24, 2.45) is 13.0 Å². The van der Waals surface area contributed by atoms with Crippen LogP contribution in [0.5, 0.6) is 0 Å². The van der Waals surface area contributed by atoms with Crippen molar-refractivity contribution >= 4 is 21.9 Å². The van der Waals surface area contributed by atoms with Crippen molar-refractivity contribution < 1.29 is 14.4 Å². The average molecular weight is 501 g/mol. The zero-order chi connectivity index (χ0) is 25.9. The lowest BCUT2D eigenvalue weighted by molar-refractivity contribution is 0.0543. The smallest absolute Gasteiger partial charge is 0.134 e. The first-order valence-corrected chi connectivity index (χ1v) is 12.8. The number of nitrogens with zero attached hydrogens (tertiary/aromatic N) is 6. The lowest BCUT2D eigenvalue weighted by Gasteiger charge is -2.31. The molecule has 0 amide bonds. The summed E-state index contributed by atoms with van der Waals surface area (Å²) in [4.78, 5) is 4.97. The van der Waals surface area contributed by atoms with Crippen molar-refractivity contribution in [3.05, 3.63) is 59.2 Å². The van der Waals surface area contributed by atoms with Gasteiger partial charge >= 0.3 is 0 Å². The van der Waals surface area contributed by atoms with Gasteiger partial charge in [-0.2, -0.15) is 0 Å². The molecule has 0 bridgehead atoms. The summed E-state index contributed by atoms with van der Waals surface area (Å²) in [6, 6.07) is 10.3. The summed E-state index contributed by atoms with van der Waals surface area (Å²) in [5, 5.41) is 24.9. The number of aliphatic hydroxyl groups is 1. The van der Waals surface area contributed by atoms with Crippen LogP contribution in [0.2, 0.25) is 0 Å². The van der Waals surface area contributed by atoms with Gasteiger partial charge in [0.05, 0.1) is 39.6 Å². The molecule has 192 valence electrons. The van der Waals surface area contributed by atoms with Crippen molar-refractivity contribution in [2.75, 3.05) is 13.2 Å². The van der Waals surface area contributed by atoms with E-state index in [1.165, 1.54) is 0 Å². The van der Waals surface area contributed by atoms with Gasteiger partial charge in [0.25, 0.3) is 0 Å². The van der Waals surface area contributed by atoms with Crippen molar-refractivity contribution in [3.8, 4) is 11.3 Å². The number of aryl methyl sites for hydroxylation is 3. The molecule has 1 atom stereocenters. The highest BCUT2D eigenvalue weighted by Gasteiger charge is 2.33. The van der Waals surface area contributed by atoms with E-state index in [1.54, 1.807) is 4.68 Å². The summed E-state index contributed by atoms with van der Waals surface area (Å²) in [7, 11) is 1.90. The molecular weight excluding hydrogens is 468 g/mol. The minimum atomic E-state index is -0.982. The molecule has 6 rings (SSSR count). The summed E-state index contributed by atoms with van der Waals surface area (Å²) in [5.74, 6) is 1.08. The van der Waals surface area contributed by atoms with E-state index in [2.05, 4.69) is 38.2 Å². The summed E-state index contributed by atoms with van der Waals surface area (Å²) in [5.41, 5.74) is 6.40. The van der Waals surface area contributed by atoms with Gasteiger partial charge in [-0.1, -0.05) is 22.5 Å². The van der Waals surface area contributed by atoms with Crippen LogP contribution in [0.1, 0.15) is 55.4 Å².